The summed E-state index contributed by atoms with van der Waals surface area (Å²) in [6, 6.07) is 9.00. The molecule has 1 aromatic heterocycles. The number of rotatable bonds is 6. The quantitative estimate of drug-likeness (QED) is 0.800. The molecule has 0 unspecified atom stereocenters. The molecule has 0 saturated heterocycles. The molecular formula is C14H18Cl2N4O. The van der Waals surface area contributed by atoms with Gasteiger partial charge in [-0.1, -0.05) is 24.6 Å². The molecule has 2 aromatic rings. The van der Waals surface area contributed by atoms with Gasteiger partial charge in [-0.15, -0.1) is 12.4 Å². The molecular weight excluding hydrogens is 311 g/mol. The minimum absolute atomic E-state index is 0. The van der Waals surface area contributed by atoms with Crippen LogP contribution in [0.2, 0.25) is 5.02 Å². The number of amides is 1. The van der Waals surface area contributed by atoms with Crippen molar-refractivity contribution in [3.63, 3.8) is 0 Å². The van der Waals surface area contributed by atoms with Gasteiger partial charge in [-0.3, -0.25) is 4.79 Å². The van der Waals surface area contributed by atoms with Gasteiger partial charge >= 0.3 is 0 Å². The van der Waals surface area contributed by atoms with E-state index >= 15 is 0 Å². The Morgan fingerprint density at radius 3 is 2.86 bits per heavy atom. The minimum atomic E-state index is -0.177. The van der Waals surface area contributed by atoms with Crippen LogP contribution in [-0.4, -0.2) is 35.3 Å². The average molecular weight is 329 g/mol. The van der Waals surface area contributed by atoms with Crippen LogP contribution in [0, 0.1) is 0 Å². The Labute approximate surface area is 135 Å². The number of carbonyl (C=O) groups is 1. The van der Waals surface area contributed by atoms with Crippen LogP contribution in [0.15, 0.2) is 36.5 Å². The molecule has 1 amide bonds. The number of likely N-dealkylation sites (N-methyl/N-ethyl adjacent to an activating group) is 1. The van der Waals surface area contributed by atoms with Crippen molar-refractivity contribution in [2.75, 3.05) is 19.6 Å². The Hall–Kier alpha value is -1.56. The smallest absolute Gasteiger partial charge is 0.271 e. The molecule has 0 aliphatic heterocycles. The molecule has 0 aliphatic carbocycles. The molecule has 0 bridgehead atoms. The number of nitrogens with zero attached hydrogens (tertiary/aromatic N) is 2. The molecule has 21 heavy (non-hydrogen) atoms. The predicted octanol–water partition coefficient (Wildman–Crippen LogP) is 2.29. The second-order valence-electron chi connectivity index (χ2n) is 4.23. The molecule has 1 heterocycles. The molecule has 2 rings (SSSR count). The van der Waals surface area contributed by atoms with E-state index in [1.165, 1.54) is 0 Å². The minimum Gasteiger partial charge on any atom is -0.349 e. The van der Waals surface area contributed by atoms with Crippen molar-refractivity contribution in [3.8, 4) is 5.69 Å². The number of halogens is 2. The average Bonchev–Trinajstić information content (AvgIpc) is 2.93. The third kappa shape index (κ3) is 5.04. The van der Waals surface area contributed by atoms with Gasteiger partial charge in [0.25, 0.3) is 5.91 Å². The van der Waals surface area contributed by atoms with Gasteiger partial charge in [0.2, 0.25) is 0 Å². The van der Waals surface area contributed by atoms with Crippen molar-refractivity contribution in [2.24, 2.45) is 0 Å². The van der Waals surface area contributed by atoms with Crippen molar-refractivity contribution < 1.29 is 4.79 Å². The summed E-state index contributed by atoms with van der Waals surface area (Å²) in [4.78, 5) is 11.9. The lowest BCUT2D eigenvalue weighted by Gasteiger charge is -2.04. The fraction of sp³-hybridized carbons (Fsp3) is 0.286. The lowest BCUT2D eigenvalue weighted by Crippen LogP contribution is -2.32. The first-order chi connectivity index (χ1) is 9.70. The first-order valence-corrected chi connectivity index (χ1v) is 6.89. The normalized spacial score (nSPS) is 10.0. The molecule has 5 nitrogen and oxygen atoms in total. The zero-order valence-electron chi connectivity index (χ0n) is 11.7. The van der Waals surface area contributed by atoms with Crippen LogP contribution >= 0.6 is 24.0 Å². The van der Waals surface area contributed by atoms with Crippen molar-refractivity contribution in [2.45, 2.75) is 6.92 Å². The van der Waals surface area contributed by atoms with Crippen LogP contribution in [-0.2, 0) is 0 Å². The summed E-state index contributed by atoms with van der Waals surface area (Å²) >= 11 is 5.93. The van der Waals surface area contributed by atoms with E-state index in [9.17, 15) is 4.79 Å². The van der Waals surface area contributed by atoms with Crippen molar-refractivity contribution >= 4 is 29.9 Å². The Morgan fingerprint density at radius 1 is 1.33 bits per heavy atom. The number of carbonyl (C=O) groups excluding carboxylic acids is 1. The van der Waals surface area contributed by atoms with Gasteiger partial charge in [0, 0.05) is 24.3 Å². The van der Waals surface area contributed by atoms with Crippen molar-refractivity contribution in [1.82, 2.24) is 20.4 Å². The van der Waals surface area contributed by atoms with E-state index in [2.05, 4.69) is 15.7 Å². The first kappa shape index (κ1) is 17.5. The van der Waals surface area contributed by atoms with Crippen LogP contribution in [0.3, 0.4) is 0 Å². The third-order valence-electron chi connectivity index (χ3n) is 2.73. The highest BCUT2D eigenvalue weighted by Gasteiger charge is 2.09. The van der Waals surface area contributed by atoms with Gasteiger partial charge in [-0.05, 0) is 30.8 Å². The maximum atomic E-state index is 11.9. The molecule has 0 saturated carbocycles. The second kappa shape index (κ2) is 8.67. The summed E-state index contributed by atoms with van der Waals surface area (Å²) in [5, 5.41) is 10.8. The monoisotopic (exact) mass is 328 g/mol. The molecule has 0 atom stereocenters. The molecule has 0 fully saturated rings. The number of hydrogen-bond donors (Lipinski definition) is 2. The summed E-state index contributed by atoms with van der Waals surface area (Å²) < 4.78 is 1.63. The van der Waals surface area contributed by atoms with Gasteiger partial charge in [-0.25, -0.2) is 4.68 Å². The van der Waals surface area contributed by atoms with E-state index < -0.39 is 0 Å². The van der Waals surface area contributed by atoms with E-state index in [0.29, 0.717) is 17.3 Å². The highest BCUT2D eigenvalue weighted by Crippen LogP contribution is 2.14. The van der Waals surface area contributed by atoms with Gasteiger partial charge < -0.3 is 10.6 Å². The topological polar surface area (TPSA) is 58.9 Å². The number of nitrogens with one attached hydrogen (secondary N) is 2. The lowest BCUT2D eigenvalue weighted by molar-refractivity contribution is 0.0948. The third-order valence-corrected chi connectivity index (χ3v) is 2.97. The lowest BCUT2D eigenvalue weighted by atomic mass is 10.3. The zero-order valence-corrected chi connectivity index (χ0v) is 13.2. The fourth-order valence-electron chi connectivity index (χ4n) is 1.74. The van der Waals surface area contributed by atoms with E-state index in [0.717, 1.165) is 18.8 Å². The molecule has 0 aliphatic rings. The SMILES string of the molecule is CCNCCNC(=O)c1ccn(-c2cccc(Cl)c2)n1.Cl. The molecule has 0 radical (unpaired) electrons. The summed E-state index contributed by atoms with van der Waals surface area (Å²) in [6.45, 7) is 4.24. The Bertz CT molecular complexity index is 586. The van der Waals surface area contributed by atoms with Crippen molar-refractivity contribution in [1.29, 1.82) is 0 Å². The summed E-state index contributed by atoms with van der Waals surface area (Å²) in [5.41, 5.74) is 1.21. The molecule has 0 spiro atoms. The van der Waals surface area contributed by atoms with Crippen LogP contribution in [0.25, 0.3) is 5.69 Å². The van der Waals surface area contributed by atoms with Crippen LogP contribution < -0.4 is 10.6 Å². The van der Waals surface area contributed by atoms with Gasteiger partial charge in [0.1, 0.15) is 0 Å². The standard InChI is InChI=1S/C14H17ClN4O.ClH/c1-2-16-7-8-17-14(20)13-6-9-19(18-13)12-5-3-4-11(15)10-12;/h3-6,9-10,16H,2,7-8H2,1H3,(H,17,20);1H. The van der Waals surface area contributed by atoms with Crippen LogP contribution in [0.5, 0.6) is 0 Å². The van der Waals surface area contributed by atoms with Gasteiger partial charge in [0.05, 0.1) is 5.69 Å². The summed E-state index contributed by atoms with van der Waals surface area (Å²) in [6.07, 6.45) is 1.74. The number of aromatic nitrogens is 2. The maximum absolute atomic E-state index is 11.9. The summed E-state index contributed by atoms with van der Waals surface area (Å²) in [7, 11) is 0. The van der Waals surface area contributed by atoms with E-state index in [1.807, 2.05) is 19.1 Å². The van der Waals surface area contributed by atoms with E-state index in [4.69, 9.17) is 11.6 Å². The second-order valence-corrected chi connectivity index (χ2v) is 4.67. The zero-order chi connectivity index (χ0) is 14.4. The van der Waals surface area contributed by atoms with Crippen LogP contribution in [0.1, 0.15) is 17.4 Å². The molecule has 1 aromatic carbocycles. The van der Waals surface area contributed by atoms with E-state index in [1.54, 1.807) is 29.1 Å². The number of hydrogen-bond acceptors (Lipinski definition) is 3. The van der Waals surface area contributed by atoms with Gasteiger partial charge in [0.15, 0.2) is 5.69 Å². The molecule has 7 heteroatoms. The Morgan fingerprint density at radius 2 is 2.14 bits per heavy atom. The van der Waals surface area contributed by atoms with Crippen LogP contribution in [0.4, 0.5) is 0 Å². The Kier molecular flexibility index (Phi) is 7.22. The largest absolute Gasteiger partial charge is 0.349 e. The molecule has 2 N–H and O–H groups in total. The maximum Gasteiger partial charge on any atom is 0.271 e. The summed E-state index contributed by atoms with van der Waals surface area (Å²) in [5.74, 6) is -0.177. The highest BCUT2D eigenvalue weighted by atomic mass is 35.5. The first-order valence-electron chi connectivity index (χ1n) is 6.51. The fourth-order valence-corrected chi connectivity index (χ4v) is 1.92. The predicted molar refractivity (Wildman–Crippen MR) is 86.7 cm³/mol. The molecule has 114 valence electrons. The Balaban J connectivity index is 0.00000220. The highest BCUT2D eigenvalue weighted by molar-refractivity contribution is 6.30. The van der Waals surface area contributed by atoms with Gasteiger partial charge in [-0.2, -0.15) is 5.10 Å². The van der Waals surface area contributed by atoms with Crippen molar-refractivity contribution in [3.05, 3.63) is 47.2 Å². The number of benzene rings is 1. The van der Waals surface area contributed by atoms with E-state index in [-0.39, 0.29) is 18.3 Å².